The molecule has 2 aromatic rings. The summed E-state index contributed by atoms with van der Waals surface area (Å²) in [7, 11) is 1.55. The first-order valence-electron chi connectivity index (χ1n) is 13.3. The average molecular weight is 582 g/mol. The van der Waals surface area contributed by atoms with Crippen molar-refractivity contribution in [3.05, 3.63) is 59.2 Å². The Labute approximate surface area is 238 Å². The number of carboxylic acid groups (broad SMARTS) is 1. The fourth-order valence-electron chi connectivity index (χ4n) is 4.44. The molecule has 0 radical (unpaired) electrons. The number of carbonyl (C=O) groups is 2. The summed E-state index contributed by atoms with van der Waals surface area (Å²) in [6.07, 6.45) is -5.53. The molecule has 1 fully saturated rings. The number of halogens is 3. The summed E-state index contributed by atoms with van der Waals surface area (Å²) in [6.45, 7) is 7.43. The Morgan fingerprint density at radius 3 is 2.22 bits per heavy atom. The molecular weight excluding hydrogens is 543 g/mol. The van der Waals surface area contributed by atoms with Crippen molar-refractivity contribution >= 4 is 17.7 Å². The van der Waals surface area contributed by atoms with Crippen LogP contribution in [0.5, 0.6) is 5.75 Å². The molecule has 0 aromatic heterocycles. The number of alkyl halides is 3. The van der Waals surface area contributed by atoms with Crippen LogP contribution in [0.2, 0.25) is 0 Å². The highest BCUT2D eigenvalue weighted by Gasteiger charge is 2.32. The van der Waals surface area contributed by atoms with Gasteiger partial charge >= 0.3 is 18.2 Å². The molecule has 1 saturated heterocycles. The van der Waals surface area contributed by atoms with Crippen molar-refractivity contribution in [3.63, 3.8) is 0 Å². The van der Waals surface area contributed by atoms with Crippen LogP contribution in [-0.4, -0.2) is 85.6 Å². The van der Waals surface area contributed by atoms with Gasteiger partial charge in [0.25, 0.3) is 0 Å². The number of benzene rings is 2. The highest BCUT2D eigenvalue weighted by atomic mass is 19.4. The molecular formula is C29H38F3N3O6. The van der Waals surface area contributed by atoms with Crippen molar-refractivity contribution in [2.45, 2.75) is 45.6 Å². The van der Waals surface area contributed by atoms with Crippen LogP contribution >= 0.6 is 0 Å². The predicted molar refractivity (Wildman–Crippen MR) is 147 cm³/mol. The lowest BCUT2D eigenvalue weighted by Crippen LogP contribution is -2.47. The number of esters is 1. The van der Waals surface area contributed by atoms with Gasteiger partial charge in [0.1, 0.15) is 18.0 Å². The third kappa shape index (κ3) is 10.1. The summed E-state index contributed by atoms with van der Waals surface area (Å²) >= 11 is 0. The maximum Gasteiger partial charge on any atom is 0.416 e. The molecule has 0 bridgehead atoms. The predicted octanol–water partition coefficient (Wildman–Crippen LogP) is 4.87. The second-order valence-electron chi connectivity index (χ2n) is 10.8. The van der Waals surface area contributed by atoms with Gasteiger partial charge in [0.15, 0.2) is 0 Å². The Kier molecular flexibility index (Phi) is 10.9. The Morgan fingerprint density at radius 1 is 1.00 bits per heavy atom. The standard InChI is InChI=1S/C29H38F3N3O6/c1-28(2,3)41-26(36)20-40-16-15-35(18-21-5-9-24(39-4)10-6-21)25-17-23(29(30,31)32)8-7-22(25)19-33-11-13-34(14-12-33)27(37)38/h5-10,17H,11-16,18-20H2,1-4H3,(H,37,38). The van der Waals surface area contributed by atoms with Crippen LogP contribution in [0.4, 0.5) is 23.7 Å². The largest absolute Gasteiger partial charge is 0.497 e. The zero-order valence-corrected chi connectivity index (χ0v) is 23.9. The van der Waals surface area contributed by atoms with Crippen LogP contribution in [0.25, 0.3) is 0 Å². The second kappa shape index (κ2) is 13.9. The number of anilines is 1. The SMILES string of the molecule is COc1ccc(CN(CCOCC(=O)OC(C)(C)C)c2cc(C(F)(F)F)ccc2CN2CCN(C(=O)O)CC2)cc1. The second-order valence-corrected chi connectivity index (χ2v) is 10.8. The normalized spacial score (nSPS) is 14.6. The number of nitrogens with zero attached hydrogens (tertiary/aromatic N) is 3. The molecule has 41 heavy (non-hydrogen) atoms. The summed E-state index contributed by atoms with van der Waals surface area (Å²) in [5, 5.41) is 9.25. The van der Waals surface area contributed by atoms with E-state index in [1.54, 1.807) is 44.9 Å². The van der Waals surface area contributed by atoms with Crippen LogP contribution in [0, 0.1) is 0 Å². The third-order valence-corrected chi connectivity index (χ3v) is 6.47. The molecule has 1 amide bonds. The lowest BCUT2D eigenvalue weighted by Gasteiger charge is -2.35. The van der Waals surface area contributed by atoms with Crippen LogP contribution in [-0.2, 0) is 33.5 Å². The number of ether oxygens (including phenoxy) is 3. The summed E-state index contributed by atoms with van der Waals surface area (Å²) < 4.78 is 57.5. The number of hydrogen-bond acceptors (Lipinski definition) is 7. The minimum atomic E-state index is -4.54. The lowest BCUT2D eigenvalue weighted by molar-refractivity contribution is -0.160. The molecule has 1 heterocycles. The fourth-order valence-corrected chi connectivity index (χ4v) is 4.44. The van der Waals surface area contributed by atoms with Crippen molar-refractivity contribution in [1.82, 2.24) is 9.80 Å². The van der Waals surface area contributed by atoms with Gasteiger partial charge in [-0.05, 0) is 56.2 Å². The number of carbonyl (C=O) groups excluding carboxylic acids is 1. The van der Waals surface area contributed by atoms with Crippen molar-refractivity contribution in [2.75, 3.05) is 57.9 Å². The monoisotopic (exact) mass is 581 g/mol. The van der Waals surface area contributed by atoms with Gasteiger partial charge in [-0.1, -0.05) is 18.2 Å². The zero-order chi connectivity index (χ0) is 30.2. The van der Waals surface area contributed by atoms with Gasteiger partial charge < -0.3 is 29.1 Å². The molecule has 226 valence electrons. The number of amides is 1. The van der Waals surface area contributed by atoms with Crippen molar-refractivity contribution in [2.24, 2.45) is 0 Å². The van der Waals surface area contributed by atoms with E-state index in [0.29, 0.717) is 49.7 Å². The van der Waals surface area contributed by atoms with Crippen LogP contribution in [0.15, 0.2) is 42.5 Å². The summed E-state index contributed by atoms with van der Waals surface area (Å²) in [5.41, 5.74) is 0.460. The van der Waals surface area contributed by atoms with E-state index < -0.39 is 29.4 Å². The molecule has 1 N–H and O–H groups in total. The molecule has 1 aliphatic rings. The molecule has 0 spiro atoms. The highest BCUT2D eigenvalue weighted by molar-refractivity contribution is 5.71. The van der Waals surface area contributed by atoms with Gasteiger partial charge in [0.05, 0.1) is 19.3 Å². The van der Waals surface area contributed by atoms with Crippen LogP contribution in [0.1, 0.15) is 37.5 Å². The van der Waals surface area contributed by atoms with E-state index in [1.165, 1.54) is 11.0 Å². The lowest BCUT2D eigenvalue weighted by atomic mass is 10.0. The molecule has 0 aliphatic carbocycles. The molecule has 1 aliphatic heterocycles. The van der Waals surface area contributed by atoms with Crippen molar-refractivity contribution in [3.8, 4) is 5.75 Å². The highest BCUT2D eigenvalue weighted by Crippen LogP contribution is 2.35. The van der Waals surface area contributed by atoms with E-state index >= 15 is 0 Å². The van der Waals surface area contributed by atoms with E-state index in [4.69, 9.17) is 14.2 Å². The van der Waals surface area contributed by atoms with Gasteiger partial charge in [-0.3, -0.25) is 4.90 Å². The van der Waals surface area contributed by atoms with E-state index in [2.05, 4.69) is 0 Å². The number of piperazine rings is 1. The Hall–Kier alpha value is -3.51. The van der Waals surface area contributed by atoms with E-state index in [-0.39, 0.29) is 26.3 Å². The van der Waals surface area contributed by atoms with Gasteiger partial charge in [0, 0.05) is 51.5 Å². The third-order valence-electron chi connectivity index (χ3n) is 6.47. The minimum Gasteiger partial charge on any atom is -0.497 e. The zero-order valence-electron chi connectivity index (χ0n) is 23.9. The fraction of sp³-hybridized carbons (Fsp3) is 0.517. The first kappa shape index (κ1) is 32.0. The summed E-state index contributed by atoms with van der Waals surface area (Å²) in [6, 6.07) is 10.9. The van der Waals surface area contributed by atoms with Crippen molar-refractivity contribution in [1.29, 1.82) is 0 Å². The molecule has 0 saturated carbocycles. The van der Waals surface area contributed by atoms with Gasteiger partial charge in [-0.25, -0.2) is 9.59 Å². The molecule has 0 unspecified atom stereocenters. The van der Waals surface area contributed by atoms with Crippen molar-refractivity contribution < 1.29 is 42.1 Å². The van der Waals surface area contributed by atoms with Gasteiger partial charge in [0.2, 0.25) is 0 Å². The molecule has 9 nitrogen and oxygen atoms in total. The van der Waals surface area contributed by atoms with Gasteiger partial charge in [-0.15, -0.1) is 0 Å². The van der Waals surface area contributed by atoms with Crippen LogP contribution < -0.4 is 9.64 Å². The van der Waals surface area contributed by atoms with Gasteiger partial charge in [-0.2, -0.15) is 13.2 Å². The first-order valence-corrected chi connectivity index (χ1v) is 13.3. The van der Waals surface area contributed by atoms with E-state index in [9.17, 15) is 27.9 Å². The van der Waals surface area contributed by atoms with E-state index in [1.807, 2.05) is 17.0 Å². The topological polar surface area (TPSA) is 91.8 Å². The van der Waals surface area contributed by atoms with Crippen LogP contribution in [0.3, 0.4) is 0 Å². The quantitative estimate of drug-likeness (QED) is 0.297. The maximum atomic E-state index is 13.8. The summed E-state index contributed by atoms with van der Waals surface area (Å²) in [4.78, 5) is 28.5. The summed E-state index contributed by atoms with van der Waals surface area (Å²) in [5.74, 6) is 0.126. The minimum absolute atomic E-state index is 0.0718. The molecule has 0 atom stereocenters. The maximum absolute atomic E-state index is 13.8. The number of hydrogen-bond donors (Lipinski definition) is 1. The average Bonchev–Trinajstić information content (AvgIpc) is 2.90. The molecule has 2 aromatic carbocycles. The Bertz CT molecular complexity index is 1160. The molecule has 3 rings (SSSR count). The first-order chi connectivity index (χ1) is 19.2. The number of rotatable bonds is 11. The van der Waals surface area contributed by atoms with E-state index in [0.717, 1.165) is 17.7 Å². The smallest absolute Gasteiger partial charge is 0.416 e. The number of methoxy groups -OCH3 is 1. The molecule has 12 heteroatoms. The Balaban J connectivity index is 1.86. The Morgan fingerprint density at radius 2 is 1.66 bits per heavy atom.